The number of aromatic nitrogens is 1. The summed E-state index contributed by atoms with van der Waals surface area (Å²) in [6.07, 6.45) is 3.06. The van der Waals surface area contributed by atoms with Crippen molar-refractivity contribution >= 4 is 44.9 Å². The number of anilines is 2. The lowest BCUT2D eigenvalue weighted by Crippen LogP contribution is -2.49. The largest absolute Gasteiger partial charge is 0.354 e. The third-order valence-corrected chi connectivity index (χ3v) is 11.9. The first-order chi connectivity index (χ1) is 21.8. The van der Waals surface area contributed by atoms with Crippen molar-refractivity contribution in [2.75, 3.05) is 42.5 Å². The van der Waals surface area contributed by atoms with E-state index in [4.69, 9.17) is 23.1 Å². The number of sulfonamides is 1. The molecule has 2 amide bonds. The Labute approximate surface area is 272 Å². The van der Waals surface area contributed by atoms with Crippen molar-refractivity contribution < 1.29 is 26.8 Å². The number of amides is 2. The van der Waals surface area contributed by atoms with Gasteiger partial charge >= 0.3 is 0 Å². The predicted molar refractivity (Wildman–Crippen MR) is 170 cm³/mol. The lowest BCUT2D eigenvalue weighted by Gasteiger charge is -2.37. The minimum absolute atomic E-state index is 0.0333. The Morgan fingerprint density at radius 2 is 1.63 bits per heavy atom. The monoisotopic (exact) mass is 679 g/mol. The maximum atomic E-state index is 15.8. The molecule has 0 bridgehead atoms. The second-order valence-electron chi connectivity index (χ2n) is 13.0. The average Bonchev–Trinajstić information content (AvgIpc) is 3.36. The SMILES string of the molecule is N[C@@H]1CC(=O)N(c2ccc(S(=O)(=O)N3CCN(c4cc(C(F)(F)C5CCC(NC(=O)[C@H]6C[C@@H](N)C6)CC5)cc(Cl)n4)CC3)cc2)C1. The normalized spacial score (nSPS) is 27.8. The highest BCUT2D eigenvalue weighted by Crippen LogP contribution is 2.45. The van der Waals surface area contributed by atoms with Gasteiger partial charge in [-0.2, -0.15) is 4.31 Å². The molecule has 2 aromatic rings. The molecule has 6 rings (SSSR count). The summed E-state index contributed by atoms with van der Waals surface area (Å²) in [6.45, 7) is 1.13. The number of nitrogens with one attached hydrogen (secondary N) is 1. The van der Waals surface area contributed by atoms with E-state index in [1.807, 2.05) is 0 Å². The molecule has 3 heterocycles. The van der Waals surface area contributed by atoms with Crippen molar-refractivity contribution in [2.45, 2.75) is 73.9 Å². The highest BCUT2D eigenvalue weighted by atomic mass is 35.5. The van der Waals surface area contributed by atoms with Gasteiger partial charge in [-0.15, -0.1) is 0 Å². The molecule has 15 heteroatoms. The van der Waals surface area contributed by atoms with E-state index in [-0.39, 0.29) is 103 Å². The van der Waals surface area contributed by atoms with E-state index in [1.165, 1.54) is 28.6 Å². The number of pyridine rings is 1. The molecule has 4 fully saturated rings. The molecule has 1 aromatic heterocycles. The van der Waals surface area contributed by atoms with Crippen LogP contribution in [0.5, 0.6) is 0 Å². The van der Waals surface area contributed by atoms with Crippen molar-refractivity contribution in [1.82, 2.24) is 14.6 Å². The second-order valence-corrected chi connectivity index (χ2v) is 15.3. The number of nitrogens with two attached hydrogens (primary N) is 2. The lowest BCUT2D eigenvalue weighted by atomic mass is 9.78. The first kappa shape index (κ1) is 33.0. The standard InChI is InChI=1S/C31H40ClF2N7O4S/c32-27-15-21(31(33,34)20-1-3-24(4-2-20)37-30(43)19-13-22(35)14-19)16-28(38-27)39-9-11-40(12-10-39)46(44,45)26-7-5-25(6-8-26)41-18-23(36)17-29(41)42/h5-8,15-16,19-20,22-24H,1-4,9-14,17-18,35-36H2,(H,37,43)/t19-,20?,22+,23-,24?/m1/s1. The number of benzene rings is 1. The van der Waals surface area contributed by atoms with Crippen LogP contribution in [0.4, 0.5) is 20.3 Å². The zero-order valence-electron chi connectivity index (χ0n) is 25.5. The molecule has 0 unspecified atom stereocenters. The number of hydrogen-bond acceptors (Lipinski definition) is 8. The predicted octanol–water partition coefficient (Wildman–Crippen LogP) is 2.81. The number of rotatable bonds is 8. The molecule has 5 N–H and O–H groups in total. The third-order valence-electron chi connectivity index (χ3n) is 9.80. The molecular weight excluding hydrogens is 640 g/mol. The van der Waals surface area contributed by atoms with Crippen molar-refractivity contribution in [2.24, 2.45) is 23.3 Å². The number of carbonyl (C=O) groups is 2. The van der Waals surface area contributed by atoms with Gasteiger partial charge in [-0.3, -0.25) is 9.59 Å². The highest BCUT2D eigenvalue weighted by Gasteiger charge is 2.44. The van der Waals surface area contributed by atoms with E-state index in [1.54, 1.807) is 21.9 Å². The van der Waals surface area contributed by atoms with E-state index in [9.17, 15) is 18.0 Å². The Bertz CT molecular complexity index is 1560. The van der Waals surface area contributed by atoms with Crippen molar-refractivity contribution in [1.29, 1.82) is 0 Å². The Morgan fingerprint density at radius 1 is 0.978 bits per heavy atom. The smallest absolute Gasteiger partial charge is 0.276 e. The van der Waals surface area contributed by atoms with E-state index in [2.05, 4.69) is 10.3 Å². The summed E-state index contributed by atoms with van der Waals surface area (Å²) in [5.41, 5.74) is 12.0. The number of piperazine rings is 1. The molecule has 11 nitrogen and oxygen atoms in total. The number of halogens is 3. The van der Waals surface area contributed by atoms with Crippen LogP contribution in [0.2, 0.25) is 5.15 Å². The maximum absolute atomic E-state index is 15.8. The molecule has 1 atom stereocenters. The number of carbonyl (C=O) groups excluding carboxylic acids is 2. The van der Waals surface area contributed by atoms with Gasteiger partial charge in [0.25, 0.3) is 5.92 Å². The molecule has 0 spiro atoms. The van der Waals surface area contributed by atoms with E-state index < -0.39 is 21.9 Å². The van der Waals surface area contributed by atoms with Gasteiger partial charge < -0.3 is 26.6 Å². The fourth-order valence-electron chi connectivity index (χ4n) is 6.96. The minimum Gasteiger partial charge on any atom is -0.354 e. The summed E-state index contributed by atoms with van der Waals surface area (Å²) in [7, 11) is -3.82. The zero-order chi connectivity index (χ0) is 32.8. The Kier molecular flexibility index (Phi) is 9.29. The lowest BCUT2D eigenvalue weighted by molar-refractivity contribution is -0.129. The third kappa shape index (κ3) is 6.73. The molecule has 46 heavy (non-hydrogen) atoms. The van der Waals surface area contributed by atoms with Crippen LogP contribution in [0.1, 0.15) is 50.5 Å². The van der Waals surface area contributed by atoms with Gasteiger partial charge in [-0.25, -0.2) is 22.2 Å². The summed E-state index contributed by atoms with van der Waals surface area (Å²) >= 11 is 6.25. The second kappa shape index (κ2) is 12.9. The van der Waals surface area contributed by atoms with Crippen LogP contribution in [0.3, 0.4) is 0 Å². The highest BCUT2D eigenvalue weighted by molar-refractivity contribution is 7.89. The quantitative estimate of drug-likeness (QED) is 0.360. The van der Waals surface area contributed by atoms with Gasteiger partial charge in [0.2, 0.25) is 21.8 Å². The van der Waals surface area contributed by atoms with E-state index in [0.717, 1.165) is 0 Å². The fraction of sp³-hybridized carbons (Fsp3) is 0.581. The van der Waals surface area contributed by atoms with Crippen molar-refractivity contribution in [3.8, 4) is 0 Å². The van der Waals surface area contributed by atoms with Crippen LogP contribution in [0.25, 0.3) is 0 Å². The Hall–Kier alpha value is -2.91. The van der Waals surface area contributed by atoms with Gasteiger partial charge in [0.05, 0.1) is 4.90 Å². The maximum Gasteiger partial charge on any atom is 0.276 e. The molecule has 2 aliphatic carbocycles. The van der Waals surface area contributed by atoms with Crippen LogP contribution >= 0.6 is 11.6 Å². The summed E-state index contributed by atoms with van der Waals surface area (Å²) in [4.78, 5) is 32.3. The van der Waals surface area contributed by atoms with Crippen molar-refractivity contribution in [3.63, 3.8) is 0 Å². The Morgan fingerprint density at radius 3 is 2.22 bits per heavy atom. The molecule has 250 valence electrons. The summed E-state index contributed by atoms with van der Waals surface area (Å²) in [5, 5.41) is 2.96. The van der Waals surface area contributed by atoms with Crippen LogP contribution in [0.15, 0.2) is 41.3 Å². The number of nitrogens with zero attached hydrogens (tertiary/aromatic N) is 4. The first-order valence-electron chi connectivity index (χ1n) is 15.8. The van der Waals surface area contributed by atoms with Crippen LogP contribution in [0, 0.1) is 11.8 Å². The average molecular weight is 680 g/mol. The van der Waals surface area contributed by atoms with Gasteiger partial charge in [-0.1, -0.05) is 11.6 Å². The fourth-order valence-corrected chi connectivity index (χ4v) is 8.58. The molecule has 2 saturated carbocycles. The van der Waals surface area contributed by atoms with Gasteiger partial charge in [0, 0.05) is 80.4 Å². The summed E-state index contributed by atoms with van der Waals surface area (Å²) in [5.74, 6) is -3.99. The van der Waals surface area contributed by atoms with Crippen molar-refractivity contribution in [3.05, 3.63) is 47.1 Å². The number of hydrogen-bond donors (Lipinski definition) is 3. The van der Waals surface area contributed by atoms with E-state index in [0.29, 0.717) is 37.9 Å². The molecule has 2 aliphatic heterocycles. The summed E-state index contributed by atoms with van der Waals surface area (Å²) in [6, 6.07) is 8.42. The molecule has 1 aromatic carbocycles. The summed E-state index contributed by atoms with van der Waals surface area (Å²) < 4.78 is 59.8. The zero-order valence-corrected chi connectivity index (χ0v) is 27.0. The molecular formula is C31H40ClF2N7O4S. The number of alkyl halides is 2. The van der Waals surface area contributed by atoms with Crippen LogP contribution < -0.4 is 26.6 Å². The molecule has 0 radical (unpaired) electrons. The van der Waals surface area contributed by atoms with Crippen LogP contribution in [-0.4, -0.2) is 80.4 Å². The van der Waals surface area contributed by atoms with Gasteiger partial charge in [0.15, 0.2) is 0 Å². The first-order valence-corrected chi connectivity index (χ1v) is 17.7. The minimum atomic E-state index is -3.82. The topological polar surface area (TPSA) is 155 Å². The van der Waals surface area contributed by atoms with E-state index >= 15 is 8.78 Å². The van der Waals surface area contributed by atoms with Gasteiger partial charge in [0.1, 0.15) is 11.0 Å². The Balaban J connectivity index is 1.06. The molecule has 2 saturated heterocycles. The van der Waals surface area contributed by atoms with Crippen LogP contribution in [-0.2, 0) is 25.5 Å². The molecule has 4 aliphatic rings. The van der Waals surface area contributed by atoms with Gasteiger partial charge in [-0.05, 0) is 74.9 Å².